The molecular weight excluding hydrogens is 358 g/mol. The van der Waals surface area contributed by atoms with E-state index in [1.54, 1.807) is 35.5 Å². The minimum atomic E-state index is -0.228. The topological polar surface area (TPSA) is 104 Å². The highest BCUT2D eigenvalue weighted by molar-refractivity contribution is 4.82. The van der Waals surface area contributed by atoms with E-state index >= 15 is 0 Å². The van der Waals surface area contributed by atoms with Crippen molar-refractivity contribution in [2.75, 3.05) is 82.9 Å². The van der Waals surface area contributed by atoms with Gasteiger partial charge in [0.1, 0.15) is 52.5 Å². The molecule has 0 aromatic heterocycles. The average molecular weight is 396 g/mol. The van der Waals surface area contributed by atoms with Gasteiger partial charge in [-0.3, -0.25) is 16.0 Å². The molecule has 12 heteroatoms. The van der Waals surface area contributed by atoms with Crippen molar-refractivity contribution in [1.82, 2.24) is 36.0 Å². The average Bonchev–Trinajstić information content (AvgIpc) is 2.67. The highest BCUT2D eigenvalue weighted by Gasteiger charge is 2.35. The molecule has 162 valence electrons. The van der Waals surface area contributed by atoms with Crippen LogP contribution in [0.15, 0.2) is 0 Å². The normalized spacial score (nSPS) is 23.7. The predicted molar refractivity (Wildman–Crippen MR) is 99.6 cm³/mol. The smallest absolute Gasteiger partial charge is 0.122 e. The number of methoxy groups -OCH3 is 5. The molecule has 1 aliphatic rings. The lowest BCUT2D eigenvalue weighted by Crippen LogP contribution is -2.78. The van der Waals surface area contributed by atoms with Crippen LogP contribution in [0.4, 0.5) is 0 Å². The molecule has 1 saturated heterocycles. The fraction of sp³-hybridized carbons (Fsp3) is 1.00. The highest BCUT2D eigenvalue weighted by atomic mass is 16.5. The van der Waals surface area contributed by atoms with E-state index in [1.807, 2.05) is 16.8 Å². The van der Waals surface area contributed by atoms with Gasteiger partial charge in [-0.05, 0) is 7.05 Å². The number of rotatable bonds is 15. The van der Waals surface area contributed by atoms with Gasteiger partial charge in [-0.2, -0.15) is 0 Å². The predicted octanol–water partition coefficient (Wildman–Crippen LogP) is -2.28. The largest absolute Gasteiger partial charge is 0.369 e. The maximum atomic E-state index is 5.35. The summed E-state index contributed by atoms with van der Waals surface area (Å²) in [6, 6.07) is 0. The lowest BCUT2D eigenvalue weighted by molar-refractivity contribution is -0.137. The summed E-state index contributed by atoms with van der Waals surface area (Å²) in [6.45, 7) is 2.63. The van der Waals surface area contributed by atoms with Crippen LogP contribution in [-0.2, 0) is 23.7 Å². The van der Waals surface area contributed by atoms with Crippen LogP contribution in [0.1, 0.15) is 0 Å². The number of hydrogen-bond acceptors (Lipinski definition) is 12. The van der Waals surface area contributed by atoms with Crippen molar-refractivity contribution in [3.05, 3.63) is 0 Å². The first kappa shape index (κ1) is 24.6. The van der Waals surface area contributed by atoms with Crippen molar-refractivity contribution in [3.8, 4) is 0 Å². The molecule has 1 fully saturated rings. The Hall–Kier alpha value is -0.480. The van der Waals surface area contributed by atoms with Crippen molar-refractivity contribution in [3.63, 3.8) is 0 Å². The van der Waals surface area contributed by atoms with Crippen LogP contribution >= 0.6 is 0 Å². The van der Waals surface area contributed by atoms with Crippen LogP contribution in [-0.4, -0.2) is 116 Å². The van der Waals surface area contributed by atoms with E-state index in [0.29, 0.717) is 40.3 Å². The Morgan fingerprint density at radius 3 is 1.19 bits per heavy atom. The van der Waals surface area contributed by atoms with Gasteiger partial charge in [0.2, 0.25) is 0 Å². The summed E-state index contributed by atoms with van der Waals surface area (Å²) in [5.41, 5.74) is 0. The minimum absolute atomic E-state index is 0.193. The molecular formula is C15H37N7O5. The Morgan fingerprint density at radius 1 is 0.593 bits per heavy atom. The van der Waals surface area contributed by atoms with Crippen molar-refractivity contribution in [2.24, 2.45) is 0 Å². The molecule has 0 saturated carbocycles. The quantitative estimate of drug-likeness (QED) is 0.225. The summed E-state index contributed by atoms with van der Waals surface area (Å²) in [6.07, 6.45) is -0.650. The second-order valence-corrected chi connectivity index (χ2v) is 6.07. The molecule has 0 radical (unpaired) electrons. The molecule has 0 aromatic carbocycles. The molecule has 27 heavy (non-hydrogen) atoms. The summed E-state index contributed by atoms with van der Waals surface area (Å²) in [5, 5.41) is 13.6. The fourth-order valence-corrected chi connectivity index (χ4v) is 2.84. The first-order chi connectivity index (χ1) is 13.1. The molecule has 12 nitrogen and oxygen atoms in total. The molecule has 4 N–H and O–H groups in total. The molecule has 0 bridgehead atoms. The molecule has 1 heterocycles. The molecule has 2 unspecified atom stereocenters. The van der Waals surface area contributed by atoms with Gasteiger partial charge in [0, 0.05) is 35.5 Å². The first-order valence-corrected chi connectivity index (χ1v) is 8.74. The van der Waals surface area contributed by atoms with Gasteiger partial charge in [-0.25, -0.2) is 14.7 Å². The molecule has 0 spiro atoms. The molecule has 0 aromatic rings. The first-order valence-electron chi connectivity index (χ1n) is 8.74. The van der Waals surface area contributed by atoms with E-state index in [2.05, 4.69) is 26.2 Å². The van der Waals surface area contributed by atoms with Crippen LogP contribution in [0.25, 0.3) is 0 Å². The van der Waals surface area contributed by atoms with Gasteiger partial charge in [0.15, 0.2) is 0 Å². The lowest BCUT2D eigenvalue weighted by Gasteiger charge is -2.48. The van der Waals surface area contributed by atoms with E-state index < -0.39 is 0 Å². The third-order valence-corrected chi connectivity index (χ3v) is 3.88. The van der Waals surface area contributed by atoms with E-state index in [0.717, 1.165) is 0 Å². The van der Waals surface area contributed by atoms with Crippen molar-refractivity contribution >= 4 is 0 Å². The molecule has 1 rings (SSSR count). The second-order valence-electron chi connectivity index (χ2n) is 6.07. The zero-order chi connectivity index (χ0) is 20.1. The summed E-state index contributed by atoms with van der Waals surface area (Å²) >= 11 is 0. The lowest BCUT2D eigenvalue weighted by atomic mass is 10.4. The molecule has 0 aliphatic carbocycles. The summed E-state index contributed by atoms with van der Waals surface area (Å²) in [5.74, 6) is 0. The van der Waals surface area contributed by atoms with E-state index in [-0.39, 0.29) is 18.9 Å². The minimum Gasteiger partial charge on any atom is -0.369 e. The standard InChI is InChI=1S/C15H37N7O5/c1-16-7-20(8-23-2)13-17-14(21(9-24-3)10-25-4)19-15(18-13)22(11-26-5)12-27-6/h13-19H,7-12H2,1-6H3. The maximum Gasteiger partial charge on any atom is 0.122 e. The third-order valence-electron chi connectivity index (χ3n) is 3.88. The molecule has 0 amide bonds. The van der Waals surface area contributed by atoms with Crippen molar-refractivity contribution in [2.45, 2.75) is 18.9 Å². The van der Waals surface area contributed by atoms with Crippen molar-refractivity contribution < 1.29 is 23.7 Å². The summed E-state index contributed by atoms with van der Waals surface area (Å²) in [7, 11) is 10.2. The van der Waals surface area contributed by atoms with Crippen LogP contribution in [0.3, 0.4) is 0 Å². The SMILES string of the molecule is CNCN(COC)C1NC(N(COC)COC)NC(N(COC)COC)N1. The Balaban J connectivity index is 3.01. The van der Waals surface area contributed by atoms with Gasteiger partial charge in [0.25, 0.3) is 0 Å². The fourth-order valence-electron chi connectivity index (χ4n) is 2.84. The van der Waals surface area contributed by atoms with Gasteiger partial charge in [-0.15, -0.1) is 0 Å². The Morgan fingerprint density at radius 2 is 0.889 bits per heavy atom. The third kappa shape index (κ3) is 8.19. The Kier molecular flexibility index (Phi) is 13.2. The van der Waals surface area contributed by atoms with Crippen molar-refractivity contribution in [1.29, 1.82) is 0 Å². The summed E-state index contributed by atoms with van der Waals surface area (Å²) in [4.78, 5) is 6.06. The summed E-state index contributed by atoms with van der Waals surface area (Å²) < 4.78 is 26.6. The second kappa shape index (κ2) is 14.5. The molecule has 2 atom stereocenters. The number of ether oxygens (including phenoxy) is 5. The Bertz CT molecular complexity index is 295. The number of nitrogens with zero attached hydrogens (tertiary/aromatic N) is 3. The van der Waals surface area contributed by atoms with Crippen LogP contribution < -0.4 is 21.3 Å². The zero-order valence-corrected chi connectivity index (χ0v) is 17.4. The monoisotopic (exact) mass is 395 g/mol. The van der Waals surface area contributed by atoms with Crippen LogP contribution in [0, 0.1) is 0 Å². The van der Waals surface area contributed by atoms with Gasteiger partial charge < -0.3 is 29.0 Å². The Labute approximate surface area is 162 Å². The van der Waals surface area contributed by atoms with Crippen LogP contribution in [0.2, 0.25) is 0 Å². The maximum absolute atomic E-state index is 5.35. The number of nitrogens with one attached hydrogen (secondary N) is 4. The van der Waals surface area contributed by atoms with E-state index in [9.17, 15) is 0 Å². The van der Waals surface area contributed by atoms with Gasteiger partial charge >= 0.3 is 0 Å². The van der Waals surface area contributed by atoms with Gasteiger partial charge in [-0.1, -0.05) is 0 Å². The molecule has 1 aliphatic heterocycles. The van der Waals surface area contributed by atoms with Gasteiger partial charge in [0.05, 0.1) is 6.67 Å². The zero-order valence-electron chi connectivity index (χ0n) is 17.4. The number of hydrogen-bond donors (Lipinski definition) is 4. The van der Waals surface area contributed by atoms with E-state index in [1.165, 1.54) is 0 Å². The van der Waals surface area contributed by atoms with E-state index in [4.69, 9.17) is 23.7 Å². The highest BCUT2D eigenvalue weighted by Crippen LogP contribution is 2.08. The van der Waals surface area contributed by atoms with Crippen LogP contribution in [0.5, 0.6) is 0 Å².